The van der Waals surface area contributed by atoms with Crippen LogP contribution in [0.25, 0.3) is 0 Å². The number of aliphatic hydroxyl groups excluding tert-OH is 1. The molecule has 0 fully saturated rings. The Bertz CT molecular complexity index is 91.4. The first-order chi connectivity index (χ1) is 4.48. The third kappa shape index (κ3) is 3.68. The minimum atomic E-state index is -4.32. The van der Waals surface area contributed by atoms with Crippen LogP contribution < -0.4 is 0 Å². The average molecular weight is 158 g/mol. The van der Waals surface area contributed by atoms with Gasteiger partial charge in [-0.3, -0.25) is 0 Å². The molecule has 1 unspecified atom stereocenters. The number of aliphatic hydroxyl groups is 1. The Morgan fingerprint density at radius 3 is 2.30 bits per heavy atom. The van der Waals surface area contributed by atoms with E-state index in [1.165, 1.54) is 0 Å². The van der Waals surface area contributed by atoms with Gasteiger partial charge in [0.1, 0.15) is 0 Å². The van der Waals surface area contributed by atoms with Gasteiger partial charge in [-0.15, -0.1) is 0 Å². The molecule has 0 aliphatic carbocycles. The molecular formula is C5H9F3O2. The van der Waals surface area contributed by atoms with E-state index in [9.17, 15) is 13.2 Å². The van der Waals surface area contributed by atoms with Crippen LogP contribution in [0.3, 0.4) is 0 Å². The molecule has 0 aliphatic rings. The van der Waals surface area contributed by atoms with Crippen molar-refractivity contribution in [2.45, 2.75) is 19.2 Å². The van der Waals surface area contributed by atoms with Crippen LogP contribution in [0.1, 0.15) is 6.92 Å². The first kappa shape index (κ1) is 9.71. The number of rotatable bonds is 3. The smallest absolute Gasteiger partial charge is 0.394 e. The average Bonchev–Trinajstić information content (AvgIpc) is 1.80. The van der Waals surface area contributed by atoms with Crippen molar-refractivity contribution in [2.24, 2.45) is 0 Å². The maximum atomic E-state index is 11.6. The lowest BCUT2D eigenvalue weighted by molar-refractivity contribution is -0.215. The Balaban J connectivity index is 3.52. The summed E-state index contributed by atoms with van der Waals surface area (Å²) in [7, 11) is 0. The van der Waals surface area contributed by atoms with E-state index >= 15 is 0 Å². The molecule has 0 spiro atoms. The van der Waals surface area contributed by atoms with E-state index < -0.39 is 12.3 Å². The summed E-state index contributed by atoms with van der Waals surface area (Å²) in [6.45, 7) is 0.233. The van der Waals surface area contributed by atoms with E-state index in [2.05, 4.69) is 4.74 Å². The molecule has 0 aromatic heterocycles. The zero-order chi connectivity index (χ0) is 8.20. The van der Waals surface area contributed by atoms with Crippen molar-refractivity contribution in [1.82, 2.24) is 0 Å². The highest BCUT2D eigenvalue weighted by molar-refractivity contribution is 4.59. The zero-order valence-corrected chi connectivity index (χ0v) is 5.48. The Morgan fingerprint density at radius 1 is 1.50 bits per heavy atom. The fourth-order valence-corrected chi connectivity index (χ4v) is 0.324. The van der Waals surface area contributed by atoms with Gasteiger partial charge in [0.25, 0.3) is 0 Å². The molecule has 0 aromatic rings. The lowest BCUT2D eigenvalue weighted by Crippen LogP contribution is -2.29. The molecule has 0 saturated carbocycles. The molecule has 0 rings (SSSR count). The fourth-order valence-electron chi connectivity index (χ4n) is 0.324. The summed E-state index contributed by atoms with van der Waals surface area (Å²) in [5, 5.41) is 8.09. The van der Waals surface area contributed by atoms with E-state index in [-0.39, 0.29) is 13.2 Å². The maximum Gasteiger partial charge on any atom is 0.414 e. The number of ether oxygens (including phenoxy) is 1. The van der Waals surface area contributed by atoms with Crippen LogP contribution in [0.2, 0.25) is 0 Å². The van der Waals surface area contributed by atoms with Crippen LogP contribution in [-0.2, 0) is 4.74 Å². The van der Waals surface area contributed by atoms with Crippen molar-refractivity contribution < 1.29 is 23.0 Å². The van der Waals surface area contributed by atoms with Crippen molar-refractivity contribution in [3.8, 4) is 0 Å². The molecule has 1 atom stereocenters. The van der Waals surface area contributed by atoms with Crippen molar-refractivity contribution >= 4 is 0 Å². The molecular weight excluding hydrogens is 149 g/mol. The van der Waals surface area contributed by atoms with E-state index in [1.807, 2.05) is 0 Å². The SMILES string of the molecule is CC(OCCO)C(F)(F)F. The van der Waals surface area contributed by atoms with Crippen LogP contribution in [0.5, 0.6) is 0 Å². The second-order valence-corrected chi connectivity index (χ2v) is 1.78. The Labute approximate surface area is 56.6 Å². The van der Waals surface area contributed by atoms with Gasteiger partial charge in [0.15, 0.2) is 6.10 Å². The van der Waals surface area contributed by atoms with Crippen LogP contribution in [0, 0.1) is 0 Å². The predicted octanol–water partition coefficient (Wildman–Crippen LogP) is 0.946. The highest BCUT2D eigenvalue weighted by atomic mass is 19.4. The van der Waals surface area contributed by atoms with Crippen LogP contribution in [-0.4, -0.2) is 30.6 Å². The lowest BCUT2D eigenvalue weighted by atomic mass is 10.4. The largest absolute Gasteiger partial charge is 0.414 e. The second kappa shape index (κ2) is 3.78. The Morgan fingerprint density at radius 2 is 2.00 bits per heavy atom. The molecule has 0 bridgehead atoms. The molecule has 10 heavy (non-hydrogen) atoms. The molecule has 0 aromatic carbocycles. The highest BCUT2D eigenvalue weighted by Crippen LogP contribution is 2.21. The second-order valence-electron chi connectivity index (χ2n) is 1.78. The van der Waals surface area contributed by atoms with Crippen LogP contribution in [0.4, 0.5) is 13.2 Å². The predicted molar refractivity (Wildman–Crippen MR) is 28.6 cm³/mol. The van der Waals surface area contributed by atoms with E-state index in [4.69, 9.17) is 5.11 Å². The van der Waals surface area contributed by atoms with Gasteiger partial charge in [0.05, 0.1) is 13.2 Å². The number of hydrogen-bond acceptors (Lipinski definition) is 2. The van der Waals surface area contributed by atoms with Gasteiger partial charge in [-0.25, -0.2) is 0 Å². The molecule has 0 saturated heterocycles. The molecule has 0 amide bonds. The van der Waals surface area contributed by atoms with Crippen LogP contribution >= 0.6 is 0 Å². The van der Waals surface area contributed by atoms with Gasteiger partial charge < -0.3 is 9.84 Å². The Kier molecular flexibility index (Phi) is 3.67. The fraction of sp³-hybridized carbons (Fsp3) is 1.00. The summed E-state index contributed by atoms with van der Waals surface area (Å²) in [6.07, 6.45) is -6.12. The lowest BCUT2D eigenvalue weighted by Gasteiger charge is -2.14. The van der Waals surface area contributed by atoms with Crippen molar-refractivity contribution in [1.29, 1.82) is 0 Å². The monoisotopic (exact) mass is 158 g/mol. The zero-order valence-electron chi connectivity index (χ0n) is 5.48. The summed E-state index contributed by atoms with van der Waals surface area (Å²) < 4.78 is 38.9. The van der Waals surface area contributed by atoms with Gasteiger partial charge in [-0.1, -0.05) is 0 Å². The molecule has 1 N–H and O–H groups in total. The molecule has 62 valence electrons. The minimum absolute atomic E-state index is 0.277. The topological polar surface area (TPSA) is 29.5 Å². The molecule has 0 aliphatic heterocycles. The van der Waals surface area contributed by atoms with E-state index in [0.717, 1.165) is 6.92 Å². The summed E-state index contributed by atoms with van der Waals surface area (Å²) in [6, 6.07) is 0. The van der Waals surface area contributed by atoms with Crippen molar-refractivity contribution in [2.75, 3.05) is 13.2 Å². The summed E-state index contributed by atoms with van der Waals surface area (Å²) in [4.78, 5) is 0. The third-order valence-corrected chi connectivity index (χ3v) is 0.920. The normalized spacial score (nSPS) is 15.3. The van der Waals surface area contributed by atoms with Gasteiger partial charge in [-0.2, -0.15) is 13.2 Å². The number of hydrogen-bond donors (Lipinski definition) is 1. The summed E-state index contributed by atoms with van der Waals surface area (Å²) in [5.41, 5.74) is 0. The standard InChI is InChI=1S/C5H9F3O2/c1-4(5(6,7)8)10-3-2-9/h4,9H,2-3H2,1H3. The Hall–Kier alpha value is -0.290. The van der Waals surface area contributed by atoms with Crippen molar-refractivity contribution in [3.63, 3.8) is 0 Å². The van der Waals surface area contributed by atoms with E-state index in [1.54, 1.807) is 0 Å². The van der Waals surface area contributed by atoms with Gasteiger partial charge in [0, 0.05) is 0 Å². The van der Waals surface area contributed by atoms with Gasteiger partial charge >= 0.3 is 6.18 Å². The molecule has 5 heteroatoms. The van der Waals surface area contributed by atoms with Crippen LogP contribution in [0.15, 0.2) is 0 Å². The van der Waals surface area contributed by atoms with Crippen molar-refractivity contribution in [3.05, 3.63) is 0 Å². The first-order valence-corrected chi connectivity index (χ1v) is 2.77. The molecule has 0 radical (unpaired) electrons. The highest BCUT2D eigenvalue weighted by Gasteiger charge is 2.36. The summed E-state index contributed by atoms with van der Waals surface area (Å²) in [5.74, 6) is 0. The molecule has 2 nitrogen and oxygen atoms in total. The third-order valence-electron chi connectivity index (χ3n) is 0.920. The number of halogens is 3. The first-order valence-electron chi connectivity index (χ1n) is 2.77. The summed E-state index contributed by atoms with van der Waals surface area (Å²) >= 11 is 0. The number of alkyl halides is 3. The molecule has 0 heterocycles. The quantitative estimate of drug-likeness (QED) is 0.662. The van der Waals surface area contributed by atoms with Gasteiger partial charge in [-0.05, 0) is 6.92 Å². The van der Waals surface area contributed by atoms with E-state index in [0.29, 0.717) is 0 Å². The maximum absolute atomic E-state index is 11.6. The van der Waals surface area contributed by atoms with Gasteiger partial charge in [0.2, 0.25) is 0 Å². The minimum Gasteiger partial charge on any atom is -0.394 e.